The van der Waals surface area contributed by atoms with Gasteiger partial charge in [-0.05, 0) is 58.8 Å². The van der Waals surface area contributed by atoms with Crippen LogP contribution in [0.15, 0.2) is 0 Å². The van der Waals surface area contributed by atoms with E-state index in [9.17, 15) is 0 Å². The Morgan fingerprint density at radius 2 is 1.88 bits per heavy atom. The lowest BCUT2D eigenvalue weighted by atomic mass is 9.78. The third kappa shape index (κ3) is 2.58. The predicted octanol–water partition coefficient (Wildman–Crippen LogP) is 1.14. The van der Waals surface area contributed by atoms with Crippen molar-refractivity contribution in [3.05, 3.63) is 0 Å². The minimum Gasteiger partial charge on any atom is -0.329 e. The first-order valence-corrected chi connectivity index (χ1v) is 6.83. The number of piperidine rings is 1. The highest BCUT2D eigenvalue weighted by atomic mass is 15.2. The number of likely N-dealkylation sites (tertiary alicyclic amines) is 1. The number of hydrogen-bond acceptors (Lipinski definition) is 3. The van der Waals surface area contributed by atoms with Gasteiger partial charge in [0.05, 0.1) is 0 Å². The zero-order valence-electron chi connectivity index (χ0n) is 10.9. The van der Waals surface area contributed by atoms with Crippen LogP contribution in [0.4, 0.5) is 0 Å². The quantitative estimate of drug-likeness (QED) is 0.779. The summed E-state index contributed by atoms with van der Waals surface area (Å²) in [4.78, 5) is 5.03. The van der Waals surface area contributed by atoms with E-state index in [-0.39, 0.29) is 0 Å². The van der Waals surface area contributed by atoms with Crippen molar-refractivity contribution >= 4 is 0 Å². The van der Waals surface area contributed by atoms with Crippen LogP contribution in [-0.2, 0) is 0 Å². The molecule has 1 aliphatic heterocycles. The lowest BCUT2D eigenvalue weighted by molar-refractivity contribution is 0.0570. The molecule has 0 aromatic rings. The zero-order chi connectivity index (χ0) is 11.5. The molecule has 0 radical (unpaired) electrons. The summed E-state index contributed by atoms with van der Waals surface area (Å²) in [6.07, 6.45) is 6.85. The molecule has 1 unspecified atom stereocenters. The second-order valence-electron chi connectivity index (χ2n) is 5.69. The van der Waals surface area contributed by atoms with Crippen molar-refractivity contribution in [2.75, 3.05) is 33.7 Å². The molecule has 0 aromatic carbocycles. The van der Waals surface area contributed by atoms with E-state index < -0.39 is 0 Å². The number of nitrogens with zero attached hydrogens (tertiary/aromatic N) is 2. The van der Waals surface area contributed by atoms with E-state index in [4.69, 9.17) is 5.73 Å². The molecule has 94 valence electrons. The normalized spacial score (nSPS) is 27.0. The molecule has 1 saturated carbocycles. The maximum Gasteiger partial charge on any atom is 0.0246 e. The van der Waals surface area contributed by atoms with Gasteiger partial charge in [-0.3, -0.25) is 4.90 Å². The van der Waals surface area contributed by atoms with Crippen molar-refractivity contribution in [2.45, 2.75) is 44.2 Å². The van der Waals surface area contributed by atoms with Gasteiger partial charge >= 0.3 is 0 Å². The first-order chi connectivity index (χ1) is 7.72. The summed E-state index contributed by atoms with van der Waals surface area (Å²) in [6.45, 7) is 3.33. The minimum atomic E-state index is 0.641. The third-order valence-electron chi connectivity index (χ3n) is 4.72. The van der Waals surface area contributed by atoms with Crippen LogP contribution < -0.4 is 5.73 Å². The van der Waals surface area contributed by atoms with Gasteiger partial charge in [0.15, 0.2) is 0 Å². The van der Waals surface area contributed by atoms with E-state index in [1.165, 1.54) is 45.2 Å². The summed E-state index contributed by atoms with van der Waals surface area (Å²) < 4.78 is 0. The number of rotatable bonds is 4. The van der Waals surface area contributed by atoms with Crippen LogP contribution in [0, 0.1) is 5.92 Å². The van der Waals surface area contributed by atoms with Crippen LogP contribution >= 0.6 is 0 Å². The first kappa shape index (κ1) is 12.3. The Bertz CT molecular complexity index is 207. The van der Waals surface area contributed by atoms with Crippen molar-refractivity contribution in [2.24, 2.45) is 11.7 Å². The van der Waals surface area contributed by atoms with Gasteiger partial charge in [0.2, 0.25) is 0 Å². The molecule has 1 saturated heterocycles. The van der Waals surface area contributed by atoms with Crippen molar-refractivity contribution in [3.8, 4) is 0 Å². The van der Waals surface area contributed by atoms with Crippen molar-refractivity contribution < 1.29 is 0 Å². The van der Waals surface area contributed by atoms with Crippen LogP contribution in [0.5, 0.6) is 0 Å². The molecule has 1 atom stereocenters. The Kier molecular flexibility index (Phi) is 4.22. The van der Waals surface area contributed by atoms with Gasteiger partial charge in [-0.25, -0.2) is 0 Å². The highest BCUT2D eigenvalue weighted by molar-refractivity contribution is 4.88. The van der Waals surface area contributed by atoms with E-state index in [0.717, 1.165) is 18.5 Å². The summed E-state index contributed by atoms with van der Waals surface area (Å²) in [5, 5.41) is 0. The van der Waals surface area contributed by atoms with Crippen LogP contribution in [0.1, 0.15) is 32.1 Å². The molecular formula is C13H27N3. The minimum absolute atomic E-state index is 0.641. The Balaban J connectivity index is 1.86. The Morgan fingerprint density at radius 1 is 1.25 bits per heavy atom. The predicted molar refractivity (Wildman–Crippen MR) is 68.5 cm³/mol. The van der Waals surface area contributed by atoms with Gasteiger partial charge in [0.25, 0.3) is 0 Å². The fourth-order valence-electron chi connectivity index (χ4n) is 3.19. The maximum absolute atomic E-state index is 5.97. The molecule has 2 fully saturated rings. The first-order valence-electron chi connectivity index (χ1n) is 6.83. The summed E-state index contributed by atoms with van der Waals surface area (Å²) in [5.74, 6) is 0.884. The lowest BCUT2D eigenvalue weighted by Gasteiger charge is -2.44. The average molecular weight is 225 g/mol. The van der Waals surface area contributed by atoms with E-state index in [0.29, 0.717) is 6.04 Å². The molecule has 1 heterocycles. The van der Waals surface area contributed by atoms with Gasteiger partial charge in [-0.2, -0.15) is 0 Å². The third-order valence-corrected chi connectivity index (χ3v) is 4.72. The Morgan fingerprint density at radius 3 is 2.31 bits per heavy atom. The summed E-state index contributed by atoms with van der Waals surface area (Å²) in [7, 11) is 4.52. The molecule has 0 bridgehead atoms. The van der Waals surface area contributed by atoms with Crippen LogP contribution in [-0.4, -0.2) is 55.6 Å². The van der Waals surface area contributed by atoms with Crippen molar-refractivity contribution in [1.29, 1.82) is 0 Å². The van der Waals surface area contributed by atoms with E-state index in [1.54, 1.807) is 0 Å². The highest BCUT2D eigenvalue weighted by Crippen LogP contribution is 2.33. The van der Waals surface area contributed by atoms with Crippen LogP contribution in [0.25, 0.3) is 0 Å². The molecule has 3 heteroatoms. The Hall–Kier alpha value is -0.120. The number of nitrogens with two attached hydrogens (primary N) is 1. The fraction of sp³-hybridized carbons (Fsp3) is 1.00. The summed E-state index contributed by atoms with van der Waals surface area (Å²) in [5.41, 5.74) is 5.97. The average Bonchev–Trinajstić information content (AvgIpc) is 2.23. The molecule has 16 heavy (non-hydrogen) atoms. The standard InChI is InChI=1S/C13H27N3/c1-15-8-6-12(7-9-15)16(2)13(10-14)11-4-3-5-11/h11-13H,3-10,14H2,1-2H3. The molecule has 0 amide bonds. The van der Waals surface area contributed by atoms with Gasteiger partial charge in [0.1, 0.15) is 0 Å². The number of likely N-dealkylation sites (N-methyl/N-ethyl adjacent to an activating group) is 1. The Labute approximate surface area is 100.0 Å². The van der Waals surface area contributed by atoms with E-state index in [1.807, 2.05) is 0 Å². The second-order valence-corrected chi connectivity index (χ2v) is 5.69. The lowest BCUT2D eigenvalue weighted by Crippen LogP contribution is -2.52. The van der Waals surface area contributed by atoms with Gasteiger partial charge in [-0.1, -0.05) is 6.42 Å². The monoisotopic (exact) mass is 225 g/mol. The van der Waals surface area contributed by atoms with Crippen LogP contribution in [0.2, 0.25) is 0 Å². The molecule has 0 spiro atoms. The van der Waals surface area contributed by atoms with Crippen LogP contribution in [0.3, 0.4) is 0 Å². The van der Waals surface area contributed by atoms with Gasteiger partial charge in [0, 0.05) is 18.6 Å². The molecule has 0 aromatic heterocycles. The zero-order valence-corrected chi connectivity index (χ0v) is 10.9. The van der Waals surface area contributed by atoms with E-state index in [2.05, 4.69) is 23.9 Å². The molecule has 2 rings (SSSR count). The highest BCUT2D eigenvalue weighted by Gasteiger charge is 2.33. The topological polar surface area (TPSA) is 32.5 Å². The van der Waals surface area contributed by atoms with Crippen molar-refractivity contribution in [3.63, 3.8) is 0 Å². The molecule has 1 aliphatic carbocycles. The van der Waals surface area contributed by atoms with Gasteiger partial charge < -0.3 is 10.6 Å². The molecule has 2 aliphatic rings. The fourth-order valence-corrected chi connectivity index (χ4v) is 3.19. The smallest absolute Gasteiger partial charge is 0.0246 e. The molecule has 3 nitrogen and oxygen atoms in total. The van der Waals surface area contributed by atoms with Crippen molar-refractivity contribution in [1.82, 2.24) is 9.80 Å². The van der Waals surface area contributed by atoms with Gasteiger partial charge in [-0.15, -0.1) is 0 Å². The maximum atomic E-state index is 5.97. The summed E-state index contributed by atoms with van der Waals surface area (Å²) >= 11 is 0. The second kappa shape index (κ2) is 5.48. The molecule has 2 N–H and O–H groups in total. The largest absolute Gasteiger partial charge is 0.329 e. The SMILES string of the molecule is CN1CCC(N(C)C(CN)C2CCC2)CC1. The molecular weight excluding hydrogens is 198 g/mol. The number of hydrogen-bond donors (Lipinski definition) is 1. The van der Waals surface area contributed by atoms with E-state index >= 15 is 0 Å². The summed E-state index contributed by atoms with van der Waals surface area (Å²) in [6, 6.07) is 1.41.